The number of anilines is 1. The van der Waals surface area contributed by atoms with Crippen LogP contribution in [0.2, 0.25) is 0 Å². The minimum absolute atomic E-state index is 0. The SMILES string of the molecule is Cl.Cn1cc(-c2cc(N3CCCC(N)CC3)c3c(C#N)cnn3c2)cn1. The molecular weight excluding hydrogens is 350 g/mol. The molecule has 0 amide bonds. The molecule has 1 aliphatic rings. The molecular formula is C18H22ClN7. The van der Waals surface area contributed by atoms with Gasteiger partial charge in [0, 0.05) is 49.7 Å². The lowest BCUT2D eigenvalue weighted by molar-refractivity contribution is 0.601. The fraction of sp³-hybridized carbons (Fsp3) is 0.389. The molecule has 3 aromatic rings. The highest BCUT2D eigenvalue weighted by Gasteiger charge is 2.20. The Bertz CT molecular complexity index is 952. The first-order chi connectivity index (χ1) is 12.2. The first-order valence-electron chi connectivity index (χ1n) is 8.57. The van der Waals surface area contributed by atoms with E-state index in [0.717, 1.165) is 54.7 Å². The third-order valence-electron chi connectivity index (χ3n) is 4.86. The van der Waals surface area contributed by atoms with Gasteiger partial charge in [0.25, 0.3) is 0 Å². The van der Waals surface area contributed by atoms with E-state index in [2.05, 4.69) is 27.2 Å². The Morgan fingerprint density at radius 2 is 2.00 bits per heavy atom. The number of rotatable bonds is 2. The van der Waals surface area contributed by atoms with Crippen molar-refractivity contribution in [3.63, 3.8) is 0 Å². The van der Waals surface area contributed by atoms with E-state index < -0.39 is 0 Å². The van der Waals surface area contributed by atoms with Gasteiger partial charge in [-0.1, -0.05) is 0 Å². The average Bonchev–Trinajstić information content (AvgIpc) is 3.16. The Labute approximate surface area is 158 Å². The minimum atomic E-state index is 0. The molecule has 0 spiro atoms. The maximum absolute atomic E-state index is 9.48. The highest BCUT2D eigenvalue weighted by molar-refractivity contribution is 5.85. The fourth-order valence-electron chi connectivity index (χ4n) is 3.51. The number of nitriles is 1. The number of aromatic nitrogens is 4. The Morgan fingerprint density at radius 1 is 1.15 bits per heavy atom. The molecule has 2 N–H and O–H groups in total. The van der Waals surface area contributed by atoms with Crippen LogP contribution in [0.4, 0.5) is 5.69 Å². The zero-order chi connectivity index (χ0) is 17.4. The van der Waals surface area contributed by atoms with Gasteiger partial charge in [-0.15, -0.1) is 12.4 Å². The highest BCUT2D eigenvalue weighted by atomic mass is 35.5. The molecule has 1 unspecified atom stereocenters. The van der Waals surface area contributed by atoms with E-state index in [1.54, 1.807) is 15.4 Å². The number of aryl methyl sites for hydroxylation is 1. The molecule has 8 heteroatoms. The Kier molecular flexibility index (Phi) is 5.16. The van der Waals surface area contributed by atoms with Crippen LogP contribution >= 0.6 is 12.4 Å². The van der Waals surface area contributed by atoms with E-state index in [-0.39, 0.29) is 18.4 Å². The largest absolute Gasteiger partial charge is 0.370 e. The van der Waals surface area contributed by atoms with Crippen LogP contribution < -0.4 is 10.6 Å². The molecule has 0 saturated carbocycles. The second-order valence-corrected chi connectivity index (χ2v) is 6.66. The van der Waals surface area contributed by atoms with Gasteiger partial charge >= 0.3 is 0 Å². The molecule has 1 aliphatic heterocycles. The summed E-state index contributed by atoms with van der Waals surface area (Å²) < 4.78 is 3.59. The minimum Gasteiger partial charge on any atom is -0.370 e. The first kappa shape index (κ1) is 18.2. The van der Waals surface area contributed by atoms with E-state index in [1.165, 1.54) is 0 Å². The third kappa shape index (κ3) is 3.26. The number of hydrogen-bond acceptors (Lipinski definition) is 5. The zero-order valence-electron chi connectivity index (χ0n) is 14.7. The Hall–Kier alpha value is -2.56. The number of nitrogens with zero attached hydrogens (tertiary/aromatic N) is 6. The summed E-state index contributed by atoms with van der Waals surface area (Å²) in [6.45, 7) is 1.83. The number of fused-ring (bicyclic) bond motifs is 1. The zero-order valence-corrected chi connectivity index (χ0v) is 15.5. The van der Waals surface area contributed by atoms with Crippen LogP contribution in [0.5, 0.6) is 0 Å². The second-order valence-electron chi connectivity index (χ2n) is 6.66. The summed E-state index contributed by atoms with van der Waals surface area (Å²) >= 11 is 0. The Morgan fingerprint density at radius 3 is 2.73 bits per heavy atom. The van der Waals surface area contributed by atoms with E-state index in [4.69, 9.17) is 5.73 Å². The standard InChI is InChI=1S/C18H21N7.ClH/c1-23-11-15(10-21-23)13-7-17(24-5-2-3-16(20)4-6-24)18-14(8-19)9-22-25(18)12-13;/h7,9-12,16H,2-6,20H2,1H3;1H. The van der Waals surface area contributed by atoms with Crippen LogP contribution in [-0.4, -0.2) is 38.5 Å². The summed E-state index contributed by atoms with van der Waals surface area (Å²) in [5.41, 5.74) is 10.7. The predicted octanol–water partition coefficient (Wildman–Crippen LogP) is 2.35. The molecule has 0 aromatic carbocycles. The molecule has 4 rings (SSSR count). The van der Waals surface area contributed by atoms with Crippen LogP contribution in [0.15, 0.2) is 30.9 Å². The van der Waals surface area contributed by atoms with Gasteiger partial charge in [0.15, 0.2) is 0 Å². The van der Waals surface area contributed by atoms with Crippen LogP contribution in [0.1, 0.15) is 24.8 Å². The van der Waals surface area contributed by atoms with Gasteiger partial charge in [0.2, 0.25) is 0 Å². The summed E-state index contributed by atoms with van der Waals surface area (Å²) in [4.78, 5) is 2.34. The smallest absolute Gasteiger partial charge is 0.107 e. The first-order valence-corrected chi connectivity index (χ1v) is 8.57. The van der Waals surface area contributed by atoms with Crippen molar-refractivity contribution in [1.29, 1.82) is 5.26 Å². The molecule has 7 nitrogen and oxygen atoms in total. The number of halogens is 1. The summed E-state index contributed by atoms with van der Waals surface area (Å²) in [7, 11) is 1.90. The Balaban J connectivity index is 0.00000196. The average molecular weight is 372 g/mol. The van der Waals surface area contributed by atoms with E-state index in [1.807, 2.05) is 25.6 Å². The maximum atomic E-state index is 9.48. The molecule has 4 heterocycles. The topological polar surface area (TPSA) is 88.2 Å². The summed E-state index contributed by atoms with van der Waals surface area (Å²) in [5, 5.41) is 18.1. The van der Waals surface area contributed by atoms with Gasteiger partial charge in [-0.2, -0.15) is 15.5 Å². The lowest BCUT2D eigenvalue weighted by Gasteiger charge is -2.24. The normalized spacial score (nSPS) is 17.6. The van der Waals surface area contributed by atoms with Gasteiger partial charge in [0.05, 0.1) is 23.6 Å². The van der Waals surface area contributed by atoms with E-state index in [0.29, 0.717) is 5.56 Å². The quantitative estimate of drug-likeness (QED) is 0.747. The van der Waals surface area contributed by atoms with Crippen molar-refractivity contribution in [3.8, 4) is 17.2 Å². The van der Waals surface area contributed by atoms with E-state index >= 15 is 0 Å². The number of pyridine rings is 1. The van der Waals surface area contributed by atoms with Crippen molar-refractivity contribution in [3.05, 3.63) is 36.4 Å². The summed E-state index contributed by atoms with van der Waals surface area (Å²) in [5.74, 6) is 0. The van der Waals surface area contributed by atoms with Gasteiger partial charge in [-0.3, -0.25) is 4.68 Å². The molecule has 3 aromatic heterocycles. The van der Waals surface area contributed by atoms with Crippen LogP contribution in [0.25, 0.3) is 16.6 Å². The highest BCUT2D eigenvalue weighted by Crippen LogP contribution is 2.32. The van der Waals surface area contributed by atoms with Crippen molar-refractivity contribution in [2.24, 2.45) is 12.8 Å². The molecule has 1 saturated heterocycles. The molecule has 136 valence electrons. The molecule has 1 atom stereocenters. The predicted molar refractivity (Wildman–Crippen MR) is 103 cm³/mol. The molecule has 1 fully saturated rings. The fourth-order valence-corrected chi connectivity index (χ4v) is 3.51. The van der Waals surface area contributed by atoms with Crippen LogP contribution in [-0.2, 0) is 7.05 Å². The maximum Gasteiger partial charge on any atom is 0.107 e. The number of hydrogen-bond donors (Lipinski definition) is 1. The third-order valence-corrected chi connectivity index (χ3v) is 4.86. The van der Waals surface area contributed by atoms with Crippen molar-refractivity contribution in [2.45, 2.75) is 25.3 Å². The number of nitrogens with two attached hydrogens (primary N) is 1. The van der Waals surface area contributed by atoms with Crippen molar-refractivity contribution in [2.75, 3.05) is 18.0 Å². The van der Waals surface area contributed by atoms with Gasteiger partial charge in [-0.05, 0) is 25.3 Å². The van der Waals surface area contributed by atoms with Crippen molar-refractivity contribution >= 4 is 23.6 Å². The molecule has 26 heavy (non-hydrogen) atoms. The van der Waals surface area contributed by atoms with Crippen molar-refractivity contribution in [1.82, 2.24) is 19.4 Å². The molecule has 0 bridgehead atoms. The second kappa shape index (κ2) is 7.36. The van der Waals surface area contributed by atoms with E-state index in [9.17, 15) is 5.26 Å². The lowest BCUT2D eigenvalue weighted by Crippen LogP contribution is -2.27. The van der Waals surface area contributed by atoms with Gasteiger partial charge in [0.1, 0.15) is 11.6 Å². The van der Waals surface area contributed by atoms with Gasteiger partial charge in [-0.25, -0.2) is 4.52 Å². The summed E-state index contributed by atoms with van der Waals surface area (Å²) in [6.07, 6.45) is 10.5. The van der Waals surface area contributed by atoms with Crippen molar-refractivity contribution < 1.29 is 0 Å². The molecule has 0 aliphatic carbocycles. The monoisotopic (exact) mass is 371 g/mol. The van der Waals surface area contributed by atoms with Crippen LogP contribution in [0, 0.1) is 11.3 Å². The van der Waals surface area contributed by atoms with Gasteiger partial charge < -0.3 is 10.6 Å². The summed E-state index contributed by atoms with van der Waals surface area (Å²) in [6, 6.07) is 4.66. The lowest BCUT2D eigenvalue weighted by atomic mass is 10.1. The molecule has 0 radical (unpaired) electrons. The van der Waals surface area contributed by atoms with Crippen LogP contribution in [0.3, 0.4) is 0 Å².